The number of nitrogens with zero attached hydrogens (tertiary/aromatic N) is 2. The molecule has 2 amide bonds. The van der Waals surface area contributed by atoms with Gasteiger partial charge < -0.3 is 9.80 Å². The predicted molar refractivity (Wildman–Crippen MR) is 94.4 cm³/mol. The van der Waals surface area contributed by atoms with Crippen molar-refractivity contribution in [1.29, 1.82) is 0 Å². The number of carbonyl (C=O) groups is 2. The first-order valence-electron chi connectivity index (χ1n) is 9.21. The Morgan fingerprint density at radius 2 is 1.96 bits per heavy atom. The van der Waals surface area contributed by atoms with Gasteiger partial charge in [-0.3, -0.25) is 9.59 Å². The van der Waals surface area contributed by atoms with Crippen LogP contribution in [-0.2, 0) is 9.59 Å². The molecule has 130 valence electrons. The second kappa shape index (κ2) is 7.45. The van der Waals surface area contributed by atoms with E-state index in [-0.39, 0.29) is 11.3 Å². The van der Waals surface area contributed by atoms with Crippen molar-refractivity contribution in [2.75, 3.05) is 38.2 Å². The summed E-state index contributed by atoms with van der Waals surface area (Å²) in [5, 5.41) is 0. The summed E-state index contributed by atoms with van der Waals surface area (Å²) < 4.78 is 0. The number of hydrogen-bond donors (Lipinski definition) is 0. The van der Waals surface area contributed by atoms with E-state index in [9.17, 15) is 9.59 Å². The van der Waals surface area contributed by atoms with E-state index in [1.165, 1.54) is 32.1 Å². The third-order valence-corrected chi connectivity index (χ3v) is 6.54. The van der Waals surface area contributed by atoms with Gasteiger partial charge in [-0.25, -0.2) is 0 Å². The molecular weight excluding hydrogens is 308 g/mol. The van der Waals surface area contributed by atoms with Crippen LogP contribution in [0.5, 0.6) is 0 Å². The van der Waals surface area contributed by atoms with E-state index in [2.05, 4.69) is 4.90 Å². The molecule has 1 atom stereocenters. The van der Waals surface area contributed by atoms with Gasteiger partial charge in [0.1, 0.15) is 0 Å². The highest BCUT2D eigenvalue weighted by atomic mass is 32.2. The third-order valence-electron chi connectivity index (χ3n) is 6.00. The van der Waals surface area contributed by atoms with E-state index in [0.717, 1.165) is 38.9 Å². The maximum absolute atomic E-state index is 13.1. The molecule has 3 rings (SSSR count). The number of thioether (sulfide) groups is 1. The highest BCUT2D eigenvalue weighted by Gasteiger charge is 2.49. The van der Waals surface area contributed by atoms with Gasteiger partial charge in [-0.15, -0.1) is 0 Å². The smallest absolute Gasteiger partial charge is 0.232 e. The highest BCUT2D eigenvalue weighted by Crippen LogP contribution is 2.41. The van der Waals surface area contributed by atoms with Crippen LogP contribution in [0.15, 0.2) is 0 Å². The maximum atomic E-state index is 13.1. The topological polar surface area (TPSA) is 40.6 Å². The van der Waals surface area contributed by atoms with Crippen molar-refractivity contribution >= 4 is 23.6 Å². The maximum Gasteiger partial charge on any atom is 0.232 e. The number of likely N-dealkylation sites (tertiary alicyclic amines) is 2. The zero-order valence-electron chi connectivity index (χ0n) is 14.4. The Balaban J connectivity index is 1.61. The van der Waals surface area contributed by atoms with Gasteiger partial charge >= 0.3 is 0 Å². The minimum Gasteiger partial charge on any atom is -0.342 e. The van der Waals surface area contributed by atoms with Gasteiger partial charge in [0.25, 0.3) is 0 Å². The Hall–Kier alpha value is -0.710. The van der Waals surface area contributed by atoms with Gasteiger partial charge in [-0.1, -0.05) is 19.3 Å². The Morgan fingerprint density at radius 1 is 1.17 bits per heavy atom. The number of piperidine rings is 1. The van der Waals surface area contributed by atoms with Crippen molar-refractivity contribution in [3.8, 4) is 0 Å². The quantitative estimate of drug-likeness (QED) is 0.791. The standard InChI is InChI=1S/C18H30N2O2S/c1-23-13-16(21)20-11-9-18(14-20)8-5-10-19(17(18)22)12-15-6-3-2-4-7-15/h15H,2-14H2,1H3. The predicted octanol–water partition coefficient (Wildman–Crippen LogP) is 2.77. The van der Waals surface area contributed by atoms with Crippen LogP contribution in [0.1, 0.15) is 51.4 Å². The average molecular weight is 339 g/mol. The molecule has 1 unspecified atom stereocenters. The monoisotopic (exact) mass is 338 g/mol. The summed E-state index contributed by atoms with van der Waals surface area (Å²) >= 11 is 1.57. The van der Waals surface area contributed by atoms with Crippen LogP contribution in [0, 0.1) is 11.3 Å². The Morgan fingerprint density at radius 3 is 2.70 bits per heavy atom. The lowest BCUT2D eigenvalue weighted by atomic mass is 9.77. The van der Waals surface area contributed by atoms with Crippen molar-refractivity contribution in [2.24, 2.45) is 11.3 Å². The van der Waals surface area contributed by atoms with E-state index in [4.69, 9.17) is 0 Å². The van der Waals surface area contributed by atoms with Crippen LogP contribution in [-0.4, -0.2) is 59.8 Å². The third kappa shape index (κ3) is 3.70. The van der Waals surface area contributed by atoms with Gasteiger partial charge in [-0.2, -0.15) is 11.8 Å². The lowest BCUT2D eigenvalue weighted by Gasteiger charge is -2.41. The Labute approximate surface area is 144 Å². The summed E-state index contributed by atoms with van der Waals surface area (Å²) in [4.78, 5) is 29.4. The molecule has 2 saturated heterocycles. The number of rotatable bonds is 4. The molecule has 3 fully saturated rings. The molecule has 0 N–H and O–H groups in total. The first-order chi connectivity index (χ1) is 11.1. The van der Waals surface area contributed by atoms with Crippen LogP contribution in [0.3, 0.4) is 0 Å². The summed E-state index contributed by atoms with van der Waals surface area (Å²) in [6.07, 6.45) is 11.5. The average Bonchev–Trinajstić information content (AvgIpc) is 2.99. The Bertz CT molecular complexity index is 450. The van der Waals surface area contributed by atoms with Gasteiger partial charge in [-0.05, 0) is 44.3 Å². The van der Waals surface area contributed by atoms with Gasteiger partial charge in [0.15, 0.2) is 0 Å². The van der Waals surface area contributed by atoms with Crippen molar-refractivity contribution in [2.45, 2.75) is 51.4 Å². The van der Waals surface area contributed by atoms with E-state index < -0.39 is 0 Å². The van der Waals surface area contributed by atoms with Crippen LogP contribution in [0.2, 0.25) is 0 Å². The molecule has 0 aromatic heterocycles. The summed E-state index contributed by atoms with van der Waals surface area (Å²) in [5.41, 5.74) is -0.263. The molecular formula is C18H30N2O2S. The second-order valence-electron chi connectivity index (χ2n) is 7.64. The molecule has 1 aliphatic carbocycles. The summed E-state index contributed by atoms with van der Waals surface area (Å²) in [5.74, 6) is 1.79. The zero-order chi connectivity index (χ0) is 16.3. The molecule has 0 aromatic rings. The van der Waals surface area contributed by atoms with E-state index in [0.29, 0.717) is 24.1 Å². The summed E-state index contributed by atoms with van der Waals surface area (Å²) in [6, 6.07) is 0. The van der Waals surface area contributed by atoms with Crippen LogP contribution >= 0.6 is 11.8 Å². The molecule has 23 heavy (non-hydrogen) atoms. The lowest BCUT2D eigenvalue weighted by Crippen LogP contribution is -2.51. The molecule has 3 aliphatic rings. The van der Waals surface area contributed by atoms with Crippen molar-refractivity contribution < 1.29 is 9.59 Å². The highest BCUT2D eigenvalue weighted by molar-refractivity contribution is 7.99. The largest absolute Gasteiger partial charge is 0.342 e. The second-order valence-corrected chi connectivity index (χ2v) is 8.50. The van der Waals surface area contributed by atoms with Crippen LogP contribution < -0.4 is 0 Å². The fourth-order valence-corrected chi connectivity index (χ4v) is 5.12. The van der Waals surface area contributed by atoms with E-state index in [1.807, 2.05) is 11.2 Å². The summed E-state index contributed by atoms with van der Waals surface area (Å²) in [7, 11) is 0. The molecule has 4 nitrogen and oxygen atoms in total. The minimum absolute atomic E-state index is 0.201. The van der Waals surface area contributed by atoms with Crippen molar-refractivity contribution in [3.05, 3.63) is 0 Å². The first-order valence-corrected chi connectivity index (χ1v) is 10.6. The molecule has 5 heteroatoms. The number of carbonyl (C=O) groups excluding carboxylic acids is 2. The van der Waals surface area contributed by atoms with Gasteiger partial charge in [0.05, 0.1) is 11.2 Å². The van der Waals surface area contributed by atoms with E-state index in [1.54, 1.807) is 11.8 Å². The molecule has 1 saturated carbocycles. The SMILES string of the molecule is CSCC(=O)N1CCC2(CCCN(CC3CCCCC3)C2=O)C1. The molecule has 0 aromatic carbocycles. The van der Waals surface area contributed by atoms with Gasteiger partial charge in [0, 0.05) is 26.2 Å². The van der Waals surface area contributed by atoms with Gasteiger partial charge in [0.2, 0.25) is 11.8 Å². The zero-order valence-corrected chi connectivity index (χ0v) is 15.2. The minimum atomic E-state index is -0.263. The molecule has 0 radical (unpaired) electrons. The van der Waals surface area contributed by atoms with E-state index >= 15 is 0 Å². The van der Waals surface area contributed by atoms with Crippen LogP contribution in [0.4, 0.5) is 0 Å². The number of hydrogen-bond acceptors (Lipinski definition) is 3. The molecule has 2 heterocycles. The first kappa shape index (κ1) is 17.1. The fourth-order valence-electron chi connectivity index (χ4n) is 4.69. The Kier molecular flexibility index (Phi) is 5.55. The number of amides is 2. The van der Waals surface area contributed by atoms with Crippen molar-refractivity contribution in [3.63, 3.8) is 0 Å². The normalized spacial score (nSPS) is 29.5. The van der Waals surface area contributed by atoms with Crippen molar-refractivity contribution in [1.82, 2.24) is 9.80 Å². The fraction of sp³-hybridized carbons (Fsp3) is 0.889. The summed E-state index contributed by atoms with van der Waals surface area (Å²) in [6.45, 7) is 3.31. The molecule has 1 spiro atoms. The molecule has 2 aliphatic heterocycles. The molecule has 0 bridgehead atoms. The van der Waals surface area contributed by atoms with Crippen LogP contribution in [0.25, 0.3) is 0 Å². The lowest BCUT2D eigenvalue weighted by molar-refractivity contribution is -0.147.